The second-order valence-electron chi connectivity index (χ2n) is 10.8. The van der Waals surface area contributed by atoms with Crippen LogP contribution < -0.4 is 27.0 Å². The number of nitrogens with zero attached hydrogens (tertiary/aromatic N) is 3. The number of carbonyl (C=O) groups excluding carboxylic acids is 1. The van der Waals surface area contributed by atoms with Gasteiger partial charge in [0.25, 0.3) is 5.91 Å². The molecule has 0 saturated heterocycles. The van der Waals surface area contributed by atoms with E-state index in [0.717, 1.165) is 31.4 Å². The van der Waals surface area contributed by atoms with E-state index in [1.807, 2.05) is 24.3 Å². The minimum absolute atomic E-state index is 0.130. The smallest absolute Gasteiger partial charge is 0.251 e. The molecule has 6 N–H and O–H groups in total. The molecule has 0 unspecified atom stereocenters. The Morgan fingerprint density at radius 3 is 2.21 bits per heavy atom. The Labute approximate surface area is 251 Å². The molecule has 42 heavy (non-hydrogen) atoms. The maximum absolute atomic E-state index is 12.5. The maximum atomic E-state index is 12.5. The van der Waals surface area contributed by atoms with Crippen LogP contribution in [0.25, 0.3) is 0 Å². The summed E-state index contributed by atoms with van der Waals surface area (Å²) < 4.78 is 10.7. The van der Waals surface area contributed by atoms with Gasteiger partial charge < -0.3 is 36.5 Å². The van der Waals surface area contributed by atoms with Crippen LogP contribution in [0, 0.1) is 0 Å². The highest BCUT2D eigenvalue weighted by Crippen LogP contribution is 2.21. The van der Waals surface area contributed by atoms with E-state index < -0.39 is 0 Å². The molecule has 0 aliphatic heterocycles. The molecule has 1 fully saturated rings. The van der Waals surface area contributed by atoms with Crippen molar-refractivity contribution in [2.24, 2.45) is 5.73 Å². The van der Waals surface area contributed by atoms with Gasteiger partial charge in [0.2, 0.25) is 17.8 Å². The van der Waals surface area contributed by atoms with Crippen LogP contribution in [-0.4, -0.2) is 73.0 Å². The number of ether oxygens (including phenoxy) is 2. The molecule has 1 aliphatic rings. The number of hydrogen-bond donors (Lipinski definition) is 5. The number of rotatable bonds is 22. The molecule has 234 valence electrons. The number of carbonyl (C=O) groups is 1. The number of aromatic nitrogens is 3. The van der Waals surface area contributed by atoms with Crippen molar-refractivity contribution in [3.63, 3.8) is 0 Å². The molecular formula is C31H52N8O3. The molecule has 1 heterocycles. The first-order chi connectivity index (χ1) is 20.7. The number of anilines is 3. The Bertz CT molecular complexity index is 1000. The van der Waals surface area contributed by atoms with E-state index >= 15 is 0 Å². The highest BCUT2D eigenvalue weighted by molar-refractivity contribution is 5.94. The van der Waals surface area contributed by atoms with Gasteiger partial charge in [0.1, 0.15) is 0 Å². The van der Waals surface area contributed by atoms with E-state index in [4.69, 9.17) is 15.2 Å². The molecule has 11 heteroatoms. The summed E-state index contributed by atoms with van der Waals surface area (Å²) >= 11 is 0. The molecular weight excluding hydrogens is 532 g/mol. The molecule has 0 radical (unpaired) electrons. The van der Waals surface area contributed by atoms with E-state index in [0.29, 0.717) is 75.5 Å². The Balaban J connectivity index is 1.47. The zero-order chi connectivity index (χ0) is 29.7. The van der Waals surface area contributed by atoms with Crippen LogP contribution in [0.3, 0.4) is 0 Å². The summed E-state index contributed by atoms with van der Waals surface area (Å²) in [5.74, 6) is 1.61. The molecule has 2 aromatic rings. The maximum Gasteiger partial charge on any atom is 0.251 e. The Morgan fingerprint density at radius 2 is 1.48 bits per heavy atom. The summed E-state index contributed by atoms with van der Waals surface area (Å²) in [5, 5.41) is 13.2. The van der Waals surface area contributed by atoms with Gasteiger partial charge in [-0.2, -0.15) is 15.0 Å². The quantitative estimate of drug-likeness (QED) is 0.123. The van der Waals surface area contributed by atoms with Gasteiger partial charge in [0.05, 0.1) is 26.4 Å². The number of unbranched alkanes of at least 4 members (excludes halogenated alkanes) is 5. The number of hydrogen-bond acceptors (Lipinski definition) is 10. The molecule has 11 nitrogen and oxygen atoms in total. The summed E-state index contributed by atoms with van der Waals surface area (Å²) in [4.78, 5) is 26.4. The summed E-state index contributed by atoms with van der Waals surface area (Å²) in [6, 6.07) is 7.93. The first-order valence-corrected chi connectivity index (χ1v) is 15.9. The molecule has 1 amide bonds. The van der Waals surface area contributed by atoms with Gasteiger partial charge in [-0.1, -0.05) is 70.4 Å². The summed E-state index contributed by atoms with van der Waals surface area (Å²) in [7, 11) is 0. The molecule has 0 bridgehead atoms. The van der Waals surface area contributed by atoms with E-state index in [-0.39, 0.29) is 5.91 Å². The summed E-state index contributed by atoms with van der Waals surface area (Å²) in [6.07, 6.45) is 13.5. The molecule has 1 aliphatic carbocycles. The molecule has 1 aromatic carbocycles. The highest BCUT2D eigenvalue weighted by atomic mass is 16.5. The first kappa shape index (κ1) is 33.5. The Hall–Kier alpha value is -3.02. The van der Waals surface area contributed by atoms with Crippen LogP contribution in [0.15, 0.2) is 24.3 Å². The Kier molecular flexibility index (Phi) is 16.6. The Morgan fingerprint density at radius 1 is 0.810 bits per heavy atom. The fraction of sp³-hybridized carbons (Fsp3) is 0.677. The minimum atomic E-state index is -0.130. The van der Waals surface area contributed by atoms with Gasteiger partial charge in [-0.25, -0.2) is 0 Å². The lowest BCUT2D eigenvalue weighted by molar-refractivity contribution is 0.0511. The van der Waals surface area contributed by atoms with Gasteiger partial charge in [0, 0.05) is 37.8 Å². The average molecular weight is 585 g/mol. The number of nitrogens with one attached hydrogen (secondary N) is 4. The van der Waals surface area contributed by atoms with Gasteiger partial charge in [-0.05, 0) is 37.0 Å². The van der Waals surface area contributed by atoms with Crippen LogP contribution in [0.2, 0.25) is 0 Å². The van der Waals surface area contributed by atoms with Crippen molar-refractivity contribution in [2.75, 3.05) is 62.0 Å². The highest BCUT2D eigenvalue weighted by Gasteiger charge is 2.16. The topological polar surface area (TPSA) is 148 Å². The lowest BCUT2D eigenvalue weighted by Gasteiger charge is -2.23. The van der Waals surface area contributed by atoms with Gasteiger partial charge in [-0.15, -0.1) is 0 Å². The zero-order valence-corrected chi connectivity index (χ0v) is 25.5. The SMILES string of the molecule is CCCCCCCCNc1nc(NCc2ccc(C(=O)NCCOCCOCCN)cc2)nc(NC2CCCCC2)n1. The first-order valence-electron chi connectivity index (χ1n) is 15.9. The lowest BCUT2D eigenvalue weighted by atomic mass is 9.96. The predicted octanol–water partition coefficient (Wildman–Crippen LogP) is 4.72. The van der Waals surface area contributed by atoms with E-state index in [9.17, 15) is 4.79 Å². The van der Waals surface area contributed by atoms with Crippen LogP contribution in [-0.2, 0) is 16.0 Å². The largest absolute Gasteiger partial charge is 0.378 e. The van der Waals surface area contributed by atoms with Crippen molar-refractivity contribution in [3.8, 4) is 0 Å². The van der Waals surface area contributed by atoms with Crippen molar-refractivity contribution in [1.29, 1.82) is 0 Å². The summed E-state index contributed by atoms with van der Waals surface area (Å²) in [6.45, 7) is 6.49. The second kappa shape index (κ2) is 20.8. The number of benzene rings is 1. The molecule has 3 rings (SSSR count). The van der Waals surface area contributed by atoms with Crippen molar-refractivity contribution in [3.05, 3.63) is 35.4 Å². The monoisotopic (exact) mass is 584 g/mol. The van der Waals surface area contributed by atoms with Crippen LogP contribution >= 0.6 is 0 Å². The van der Waals surface area contributed by atoms with Crippen LogP contribution in [0.4, 0.5) is 17.8 Å². The summed E-state index contributed by atoms with van der Waals surface area (Å²) in [5.41, 5.74) is 7.00. The van der Waals surface area contributed by atoms with E-state index in [2.05, 4.69) is 43.1 Å². The normalized spacial score (nSPS) is 13.6. The lowest BCUT2D eigenvalue weighted by Crippen LogP contribution is -2.27. The second-order valence-corrected chi connectivity index (χ2v) is 10.8. The minimum Gasteiger partial charge on any atom is -0.378 e. The van der Waals surface area contributed by atoms with Gasteiger partial charge in [-0.3, -0.25) is 4.79 Å². The molecule has 0 atom stereocenters. The average Bonchev–Trinajstić information content (AvgIpc) is 3.01. The molecule has 0 spiro atoms. The van der Waals surface area contributed by atoms with Crippen LogP contribution in [0.1, 0.15) is 93.5 Å². The predicted molar refractivity (Wildman–Crippen MR) is 169 cm³/mol. The van der Waals surface area contributed by atoms with Crippen molar-refractivity contribution in [1.82, 2.24) is 20.3 Å². The van der Waals surface area contributed by atoms with Crippen molar-refractivity contribution in [2.45, 2.75) is 90.1 Å². The van der Waals surface area contributed by atoms with E-state index in [1.54, 1.807) is 0 Å². The third-order valence-corrected chi connectivity index (χ3v) is 7.22. The zero-order valence-electron chi connectivity index (χ0n) is 25.5. The standard InChI is InChI=1S/C31H52N8O3/c1-2-3-4-5-6-10-18-34-29-37-30(39-31(38-29)36-27-11-8-7-9-12-27)35-24-25-13-15-26(16-14-25)28(40)33-19-21-42-23-22-41-20-17-32/h13-16,27H,2-12,17-24,32H2,1H3,(H,33,40)(H3,34,35,36,37,38,39). The van der Waals surface area contributed by atoms with Crippen molar-refractivity contribution >= 4 is 23.8 Å². The molecule has 1 saturated carbocycles. The third-order valence-electron chi connectivity index (χ3n) is 7.22. The van der Waals surface area contributed by atoms with Gasteiger partial charge in [0.15, 0.2) is 0 Å². The number of nitrogens with two attached hydrogens (primary N) is 1. The van der Waals surface area contributed by atoms with Gasteiger partial charge >= 0.3 is 0 Å². The van der Waals surface area contributed by atoms with E-state index in [1.165, 1.54) is 51.4 Å². The third kappa shape index (κ3) is 13.8. The molecule has 1 aromatic heterocycles. The van der Waals surface area contributed by atoms with Crippen LogP contribution in [0.5, 0.6) is 0 Å². The number of amides is 1. The fourth-order valence-corrected chi connectivity index (χ4v) is 4.83. The fourth-order valence-electron chi connectivity index (χ4n) is 4.83. The van der Waals surface area contributed by atoms with Crippen molar-refractivity contribution < 1.29 is 14.3 Å².